The molecule has 0 amide bonds. The molecule has 0 spiro atoms. The Morgan fingerprint density at radius 3 is 0.931 bits per heavy atom. The number of hydrogen-bond acceptors (Lipinski definition) is 10. The van der Waals surface area contributed by atoms with E-state index in [0.29, 0.717) is 13.1 Å². The second kappa shape index (κ2) is 16.9. The van der Waals surface area contributed by atoms with Gasteiger partial charge in [-0.15, -0.1) is 0 Å². The average molecular weight is 412 g/mol. The first-order valence-corrected chi connectivity index (χ1v) is 8.31. The Hall–Kier alpha value is -3.24. The Balaban J connectivity index is 0. The van der Waals surface area contributed by atoms with Gasteiger partial charge in [-0.05, 0) is 0 Å². The quantitative estimate of drug-likeness (QED) is 0.236. The molecule has 0 aromatic heterocycles. The molecule has 0 bridgehead atoms. The molecule has 10 nitrogen and oxygen atoms in total. The summed E-state index contributed by atoms with van der Waals surface area (Å²) in [5.74, 6) is -3.04. The summed E-state index contributed by atoms with van der Waals surface area (Å²) in [6.45, 7) is 12.7. The van der Waals surface area contributed by atoms with Crippen LogP contribution in [0, 0.1) is 5.41 Å². The van der Waals surface area contributed by atoms with Crippen LogP contribution >= 0.6 is 0 Å². The molecule has 0 radical (unpaired) electrons. The Morgan fingerprint density at radius 2 is 0.793 bits per heavy atom. The van der Waals surface area contributed by atoms with Crippen molar-refractivity contribution in [3.05, 3.63) is 50.6 Å². The molecule has 0 atom stereocenters. The summed E-state index contributed by atoms with van der Waals surface area (Å²) in [4.78, 5) is 45.3. The van der Waals surface area contributed by atoms with Crippen molar-refractivity contribution in [2.75, 3.05) is 39.5 Å². The number of carbonyl (C=O) groups is 4. The average Bonchev–Trinajstić information content (AvgIpc) is 2.76. The van der Waals surface area contributed by atoms with Gasteiger partial charge in [0.2, 0.25) is 0 Å². The molecule has 0 rings (SSSR count). The second-order valence-electron chi connectivity index (χ2n) is 5.32. The number of rotatable bonds is 13. The molecule has 0 unspecified atom stereocenters. The van der Waals surface area contributed by atoms with Crippen LogP contribution in [0.15, 0.2) is 50.6 Å². The summed E-state index contributed by atoms with van der Waals surface area (Å²) in [7, 11) is 0. The van der Waals surface area contributed by atoms with Gasteiger partial charge in [-0.3, -0.25) is 0 Å². The molecular weight excluding hydrogens is 384 g/mol. The van der Waals surface area contributed by atoms with E-state index in [4.69, 9.17) is 30.4 Å². The van der Waals surface area contributed by atoms with E-state index in [0.717, 1.165) is 24.3 Å². The lowest BCUT2D eigenvalue weighted by Gasteiger charge is -2.31. The normalized spacial score (nSPS) is 9.59. The highest BCUT2D eigenvalue weighted by molar-refractivity contribution is 5.82. The number of hydrogen-bond donors (Lipinski definition) is 2. The third kappa shape index (κ3) is 14.5. The lowest BCUT2D eigenvalue weighted by molar-refractivity contribution is -0.164. The van der Waals surface area contributed by atoms with Crippen molar-refractivity contribution >= 4 is 23.9 Å². The van der Waals surface area contributed by atoms with Crippen LogP contribution in [0.5, 0.6) is 0 Å². The molecule has 0 aliphatic heterocycles. The SMILES string of the molecule is C=CC(=O)OCC(COC(=O)C=C)(COC(=O)C=C)COC(=O)C=C.NCCN. The van der Waals surface area contributed by atoms with E-state index in [-0.39, 0.29) is 26.4 Å². The molecule has 0 saturated carbocycles. The van der Waals surface area contributed by atoms with Gasteiger partial charge in [-0.1, -0.05) is 26.3 Å². The summed E-state index contributed by atoms with van der Waals surface area (Å²) in [6.07, 6.45) is 3.69. The molecule has 0 aliphatic carbocycles. The summed E-state index contributed by atoms with van der Waals surface area (Å²) >= 11 is 0. The summed E-state index contributed by atoms with van der Waals surface area (Å²) < 4.78 is 19.8. The van der Waals surface area contributed by atoms with Gasteiger partial charge in [0.15, 0.2) is 0 Å². The Labute approximate surface area is 169 Å². The van der Waals surface area contributed by atoms with Crippen molar-refractivity contribution in [2.24, 2.45) is 16.9 Å². The predicted molar refractivity (Wildman–Crippen MR) is 105 cm³/mol. The van der Waals surface area contributed by atoms with Crippen molar-refractivity contribution in [1.29, 1.82) is 0 Å². The van der Waals surface area contributed by atoms with Crippen LogP contribution in [0.3, 0.4) is 0 Å². The van der Waals surface area contributed by atoms with E-state index in [1.807, 2.05) is 0 Å². The number of nitrogens with two attached hydrogens (primary N) is 2. The van der Waals surface area contributed by atoms with Gasteiger partial charge in [-0.2, -0.15) is 0 Å². The minimum absolute atomic E-state index is 0.378. The van der Waals surface area contributed by atoms with Gasteiger partial charge >= 0.3 is 23.9 Å². The molecule has 10 heteroatoms. The number of esters is 4. The maximum atomic E-state index is 11.3. The minimum atomic E-state index is -1.34. The molecule has 0 heterocycles. The molecule has 0 fully saturated rings. The second-order valence-corrected chi connectivity index (χ2v) is 5.32. The van der Waals surface area contributed by atoms with Gasteiger partial charge < -0.3 is 30.4 Å². The molecule has 0 aliphatic rings. The Kier molecular flexibility index (Phi) is 16.3. The first-order valence-electron chi connectivity index (χ1n) is 8.31. The van der Waals surface area contributed by atoms with Gasteiger partial charge in [0.05, 0.1) is 0 Å². The van der Waals surface area contributed by atoms with Crippen LogP contribution < -0.4 is 11.5 Å². The molecule has 162 valence electrons. The summed E-state index contributed by atoms with van der Waals surface area (Å²) in [6, 6.07) is 0. The van der Waals surface area contributed by atoms with Crippen molar-refractivity contribution in [1.82, 2.24) is 0 Å². The standard InChI is InChI=1S/C17H20O8.C2H8N2/c1-5-13(18)22-9-17(10-23-14(19)6-2,11-24-15(20)7-3)12-25-16(21)8-4;3-1-2-4/h5-8H,1-4,9-12H2;1-4H2. The summed E-state index contributed by atoms with van der Waals surface area (Å²) in [5, 5.41) is 0. The summed E-state index contributed by atoms with van der Waals surface area (Å²) in [5.41, 5.74) is 8.47. The number of ether oxygens (including phenoxy) is 4. The lowest BCUT2D eigenvalue weighted by Crippen LogP contribution is -2.43. The van der Waals surface area contributed by atoms with E-state index in [2.05, 4.69) is 26.3 Å². The van der Waals surface area contributed by atoms with Gasteiger partial charge in [-0.25, -0.2) is 19.2 Å². The van der Waals surface area contributed by atoms with E-state index >= 15 is 0 Å². The first-order chi connectivity index (χ1) is 13.7. The van der Waals surface area contributed by atoms with Crippen LogP contribution in [0.25, 0.3) is 0 Å². The predicted octanol–water partition coefficient (Wildman–Crippen LogP) is -0.207. The zero-order valence-electron chi connectivity index (χ0n) is 16.3. The highest BCUT2D eigenvalue weighted by atomic mass is 16.6. The molecule has 0 aromatic carbocycles. The highest BCUT2D eigenvalue weighted by Crippen LogP contribution is 2.21. The van der Waals surface area contributed by atoms with E-state index in [1.165, 1.54) is 0 Å². The van der Waals surface area contributed by atoms with Crippen LogP contribution in [0.1, 0.15) is 0 Å². The first kappa shape index (κ1) is 28.0. The van der Waals surface area contributed by atoms with Crippen LogP contribution in [0.4, 0.5) is 0 Å². The molecule has 29 heavy (non-hydrogen) atoms. The van der Waals surface area contributed by atoms with Gasteiger partial charge in [0, 0.05) is 37.4 Å². The fourth-order valence-corrected chi connectivity index (χ4v) is 1.38. The van der Waals surface area contributed by atoms with Gasteiger partial charge in [0.1, 0.15) is 31.8 Å². The third-order valence-corrected chi connectivity index (χ3v) is 2.92. The monoisotopic (exact) mass is 412 g/mol. The van der Waals surface area contributed by atoms with Gasteiger partial charge in [0.25, 0.3) is 0 Å². The van der Waals surface area contributed by atoms with E-state index in [9.17, 15) is 19.2 Å². The zero-order chi connectivity index (χ0) is 22.7. The third-order valence-electron chi connectivity index (χ3n) is 2.92. The van der Waals surface area contributed by atoms with E-state index in [1.54, 1.807) is 0 Å². The largest absolute Gasteiger partial charge is 0.462 e. The van der Waals surface area contributed by atoms with Crippen LogP contribution in [0.2, 0.25) is 0 Å². The number of carbonyl (C=O) groups excluding carboxylic acids is 4. The van der Waals surface area contributed by atoms with Crippen molar-refractivity contribution < 1.29 is 38.1 Å². The molecule has 0 aromatic rings. The lowest BCUT2D eigenvalue weighted by atomic mass is 9.92. The fourth-order valence-electron chi connectivity index (χ4n) is 1.38. The maximum Gasteiger partial charge on any atom is 0.330 e. The molecule has 4 N–H and O–H groups in total. The van der Waals surface area contributed by atoms with Crippen molar-refractivity contribution in [2.45, 2.75) is 0 Å². The smallest absolute Gasteiger partial charge is 0.330 e. The molecule has 0 saturated heterocycles. The topological polar surface area (TPSA) is 157 Å². The van der Waals surface area contributed by atoms with Crippen molar-refractivity contribution in [3.63, 3.8) is 0 Å². The van der Waals surface area contributed by atoms with Crippen LogP contribution in [-0.2, 0) is 38.1 Å². The fraction of sp³-hybridized carbons (Fsp3) is 0.368. The minimum Gasteiger partial charge on any atom is -0.462 e. The van der Waals surface area contributed by atoms with Crippen LogP contribution in [-0.4, -0.2) is 63.4 Å². The van der Waals surface area contributed by atoms with Crippen molar-refractivity contribution in [3.8, 4) is 0 Å². The Bertz CT molecular complexity index is 498. The zero-order valence-corrected chi connectivity index (χ0v) is 16.3. The van der Waals surface area contributed by atoms with E-state index < -0.39 is 29.3 Å². The highest BCUT2D eigenvalue weighted by Gasteiger charge is 2.37. The Morgan fingerprint density at radius 1 is 0.586 bits per heavy atom. The molecular formula is C19H28N2O8. The maximum absolute atomic E-state index is 11.3.